The van der Waals surface area contributed by atoms with Gasteiger partial charge < -0.3 is 14.7 Å². The molecule has 4 rings (SSSR count). The number of likely N-dealkylation sites (tertiary alicyclic amines) is 1. The zero-order valence-corrected chi connectivity index (χ0v) is 15.3. The maximum Gasteiger partial charge on any atom is 0.255 e. The Morgan fingerprint density at radius 1 is 1.11 bits per heavy atom. The molecule has 1 saturated carbocycles. The Hall–Kier alpha value is -2.21. The second kappa shape index (κ2) is 7.43. The average Bonchev–Trinajstić information content (AvgIpc) is 3.17. The lowest BCUT2D eigenvalue weighted by Gasteiger charge is -2.23. The number of nitrogens with zero attached hydrogens (tertiary/aromatic N) is 2. The summed E-state index contributed by atoms with van der Waals surface area (Å²) in [6, 6.07) is 9.27. The number of pyridine rings is 1. The van der Waals surface area contributed by atoms with E-state index in [9.17, 15) is 13.9 Å². The Bertz CT molecular complexity index is 785. The van der Waals surface area contributed by atoms with Crippen LogP contribution in [0.25, 0.3) is 0 Å². The van der Waals surface area contributed by atoms with E-state index in [0.29, 0.717) is 17.5 Å². The maximum absolute atomic E-state index is 13.5. The zero-order chi connectivity index (χ0) is 19.0. The number of hydrogen-bond donors (Lipinski definition) is 1. The van der Waals surface area contributed by atoms with Gasteiger partial charge in [0.1, 0.15) is 11.6 Å². The molecule has 2 heterocycles. The first kappa shape index (κ1) is 18.2. The molecule has 6 heteroatoms. The summed E-state index contributed by atoms with van der Waals surface area (Å²) in [5, 5.41) is 9.28. The molecule has 1 aliphatic carbocycles. The first-order chi connectivity index (χ1) is 13.0. The number of fused-ring (bicyclic) bond motifs is 1. The summed E-state index contributed by atoms with van der Waals surface area (Å²) in [5.74, 6) is 0.572. The molecule has 0 amide bonds. The number of aromatic nitrogens is 1. The van der Waals surface area contributed by atoms with Gasteiger partial charge in [0, 0.05) is 31.2 Å². The van der Waals surface area contributed by atoms with Gasteiger partial charge in [0.05, 0.1) is 6.10 Å². The van der Waals surface area contributed by atoms with Crippen molar-refractivity contribution >= 4 is 0 Å². The number of aromatic hydroxyl groups is 1. The number of benzene rings is 1. The summed E-state index contributed by atoms with van der Waals surface area (Å²) in [4.78, 5) is 6.28. The fourth-order valence-corrected chi connectivity index (χ4v) is 4.49. The molecule has 1 saturated heterocycles. The van der Waals surface area contributed by atoms with Crippen molar-refractivity contribution in [1.29, 1.82) is 0 Å². The van der Waals surface area contributed by atoms with Gasteiger partial charge in [0.2, 0.25) is 0 Å². The summed E-state index contributed by atoms with van der Waals surface area (Å²) in [5.41, 5.74) is 0.667. The second-order valence-electron chi connectivity index (χ2n) is 7.85. The Morgan fingerprint density at radius 2 is 1.78 bits per heavy atom. The van der Waals surface area contributed by atoms with Crippen molar-refractivity contribution in [2.75, 3.05) is 19.6 Å². The van der Waals surface area contributed by atoms with Crippen molar-refractivity contribution in [2.45, 2.75) is 31.8 Å². The Labute approximate surface area is 157 Å². The third-order valence-corrected chi connectivity index (χ3v) is 5.79. The quantitative estimate of drug-likeness (QED) is 0.805. The minimum absolute atomic E-state index is 0.102. The van der Waals surface area contributed by atoms with Gasteiger partial charge in [-0.1, -0.05) is 6.92 Å². The van der Waals surface area contributed by atoms with Gasteiger partial charge in [-0.3, -0.25) is 0 Å². The molecule has 4 atom stereocenters. The smallest absolute Gasteiger partial charge is 0.255 e. The SMILES string of the molecule is CC(CN1C[C@H]2C[C@H](Oc3ccc(F)cc3)C[C@H]2C1)c1ccc(O)c(F)n1. The predicted octanol–water partition coefficient (Wildman–Crippen LogP) is 3.96. The molecule has 2 aliphatic rings. The van der Waals surface area contributed by atoms with E-state index in [2.05, 4.69) is 9.88 Å². The third-order valence-electron chi connectivity index (χ3n) is 5.79. The second-order valence-corrected chi connectivity index (χ2v) is 7.85. The van der Waals surface area contributed by atoms with E-state index in [1.54, 1.807) is 18.2 Å². The zero-order valence-electron chi connectivity index (χ0n) is 15.3. The van der Waals surface area contributed by atoms with Gasteiger partial charge in [-0.25, -0.2) is 9.37 Å². The van der Waals surface area contributed by atoms with Crippen molar-refractivity contribution in [3.05, 3.63) is 53.9 Å². The van der Waals surface area contributed by atoms with Crippen LogP contribution in [0.4, 0.5) is 8.78 Å². The lowest BCUT2D eigenvalue weighted by molar-refractivity contribution is 0.184. The van der Waals surface area contributed by atoms with Crippen LogP contribution in [0.5, 0.6) is 11.5 Å². The molecule has 2 fully saturated rings. The molecule has 1 N–H and O–H groups in total. The highest BCUT2D eigenvalue weighted by Crippen LogP contribution is 2.40. The molecular weight excluding hydrogens is 350 g/mol. The van der Waals surface area contributed by atoms with Crippen LogP contribution < -0.4 is 4.74 Å². The summed E-state index contributed by atoms with van der Waals surface area (Å²) >= 11 is 0. The monoisotopic (exact) mass is 374 g/mol. The summed E-state index contributed by atoms with van der Waals surface area (Å²) in [6.45, 7) is 4.89. The molecule has 1 unspecified atom stereocenters. The van der Waals surface area contributed by atoms with E-state index in [1.807, 2.05) is 6.92 Å². The van der Waals surface area contributed by atoms with E-state index < -0.39 is 11.7 Å². The van der Waals surface area contributed by atoms with Crippen LogP contribution in [0.2, 0.25) is 0 Å². The molecule has 1 aliphatic heterocycles. The molecule has 1 aromatic heterocycles. The van der Waals surface area contributed by atoms with Gasteiger partial charge in [-0.15, -0.1) is 0 Å². The number of rotatable bonds is 5. The molecule has 27 heavy (non-hydrogen) atoms. The van der Waals surface area contributed by atoms with Crippen LogP contribution >= 0.6 is 0 Å². The number of halogens is 2. The van der Waals surface area contributed by atoms with E-state index in [0.717, 1.165) is 38.2 Å². The van der Waals surface area contributed by atoms with Gasteiger partial charge in [0.25, 0.3) is 5.95 Å². The van der Waals surface area contributed by atoms with Crippen LogP contribution in [0, 0.1) is 23.6 Å². The highest BCUT2D eigenvalue weighted by Gasteiger charge is 2.42. The van der Waals surface area contributed by atoms with Crippen LogP contribution in [0.1, 0.15) is 31.4 Å². The van der Waals surface area contributed by atoms with Crippen molar-refractivity contribution in [3.8, 4) is 11.5 Å². The third kappa shape index (κ3) is 4.05. The standard InChI is InChI=1S/C21H24F2N2O2/c1-13(19-6-7-20(26)21(23)24-19)10-25-11-14-8-18(9-15(14)12-25)27-17-4-2-16(22)3-5-17/h2-7,13-15,18,26H,8-12H2,1H3/t13?,14-,15+,18+. The van der Waals surface area contributed by atoms with Crippen LogP contribution in [0.15, 0.2) is 36.4 Å². The van der Waals surface area contributed by atoms with Gasteiger partial charge >= 0.3 is 0 Å². The predicted molar refractivity (Wildman–Crippen MR) is 97.7 cm³/mol. The van der Waals surface area contributed by atoms with Crippen LogP contribution in [-0.4, -0.2) is 40.7 Å². The van der Waals surface area contributed by atoms with Crippen molar-refractivity contribution in [1.82, 2.24) is 9.88 Å². The Kier molecular flexibility index (Phi) is 5.00. The first-order valence-corrected chi connectivity index (χ1v) is 9.48. The Morgan fingerprint density at radius 3 is 2.41 bits per heavy atom. The van der Waals surface area contributed by atoms with E-state index >= 15 is 0 Å². The van der Waals surface area contributed by atoms with Gasteiger partial charge in [0.15, 0.2) is 5.75 Å². The molecule has 2 aromatic rings. The molecule has 0 radical (unpaired) electrons. The van der Waals surface area contributed by atoms with E-state index in [-0.39, 0.29) is 17.8 Å². The minimum Gasteiger partial charge on any atom is -0.504 e. The fourth-order valence-electron chi connectivity index (χ4n) is 4.49. The molecular formula is C21H24F2N2O2. The normalized spacial score (nSPS) is 26.1. The molecule has 4 nitrogen and oxygen atoms in total. The first-order valence-electron chi connectivity index (χ1n) is 9.48. The molecule has 0 spiro atoms. The highest BCUT2D eigenvalue weighted by molar-refractivity contribution is 5.23. The topological polar surface area (TPSA) is 45.6 Å². The van der Waals surface area contributed by atoms with Crippen LogP contribution in [0.3, 0.4) is 0 Å². The minimum atomic E-state index is -0.807. The largest absolute Gasteiger partial charge is 0.504 e. The lowest BCUT2D eigenvalue weighted by Crippen LogP contribution is -2.28. The molecule has 1 aromatic carbocycles. The molecule has 144 valence electrons. The van der Waals surface area contributed by atoms with Crippen molar-refractivity contribution < 1.29 is 18.6 Å². The summed E-state index contributed by atoms with van der Waals surface area (Å²) in [7, 11) is 0. The average molecular weight is 374 g/mol. The van der Waals surface area contributed by atoms with Crippen LogP contribution in [-0.2, 0) is 0 Å². The maximum atomic E-state index is 13.5. The number of hydrogen-bond acceptors (Lipinski definition) is 4. The number of ether oxygens (including phenoxy) is 1. The van der Waals surface area contributed by atoms with Crippen molar-refractivity contribution in [2.24, 2.45) is 11.8 Å². The van der Waals surface area contributed by atoms with Crippen molar-refractivity contribution in [3.63, 3.8) is 0 Å². The molecule has 0 bridgehead atoms. The summed E-state index contributed by atoms with van der Waals surface area (Å²) < 4.78 is 32.5. The van der Waals surface area contributed by atoms with Gasteiger partial charge in [-0.2, -0.15) is 4.39 Å². The van der Waals surface area contributed by atoms with Gasteiger partial charge in [-0.05, 0) is 61.1 Å². The highest BCUT2D eigenvalue weighted by atomic mass is 19.1. The lowest BCUT2D eigenvalue weighted by atomic mass is 10.0. The van der Waals surface area contributed by atoms with E-state index in [4.69, 9.17) is 4.74 Å². The van der Waals surface area contributed by atoms with E-state index in [1.165, 1.54) is 18.2 Å². The Balaban J connectivity index is 1.29. The summed E-state index contributed by atoms with van der Waals surface area (Å²) in [6.07, 6.45) is 2.22. The fraction of sp³-hybridized carbons (Fsp3) is 0.476.